The van der Waals surface area contributed by atoms with E-state index in [0.29, 0.717) is 28.5 Å². The molecule has 9 heteroatoms. The van der Waals surface area contributed by atoms with Gasteiger partial charge in [-0.05, 0) is 65.6 Å². The summed E-state index contributed by atoms with van der Waals surface area (Å²) in [6.45, 7) is 5.95. The molecule has 210 valence electrons. The molecular weight excluding hydrogens is 540 g/mol. The standard InChI is InChI=1S/C32H30N2O6S/c1-32(2,3)20-9-16-28-26(17-20)34(41(36,37)23-13-11-22(38-4)12-14-23)19-30(40-28)31(35)33-21-10-15-25-24-7-5-6-8-27(24)39-29(25)18-21/h5-18,30H,19H2,1-4H3,(H,33,35). The largest absolute Gasteiger partial charge is 0.497 e. The fourth-order valence-electron chi connectivity index (χ4n) is 4.98. The summed E-state index contributed by atoms with van der Waals surface area (Å²) in [5.74, 6) is 0.384. The molecule has 0 saturated heterocycles. The summed E-state index contributed by atoms with van der Waals surface area (Å²) in [5.41, 5.74) is 3.01. The Morgan fingerprint density at radius 3 is 2.39 bits per heavy atom. The maximum atomic E-state index is 14.0. The average molecular weight is 571 g/mol. The van der Waals surface area contributed by atoms with Crippen molar-refractivity contribution in [3.8, 4) is 11.5 Å². The van der Waals surface area contributed by atoms with Gasteiger partial charge in [0, 0.05) is 22.5 Å². The van der Waals surface area contributed by atoms with E-state index < -0.39 is 22.0 Å². The van der Waals surface area contributed by atoms with E-state index in [1.807, 2.05) is 42.5 Å². The summed E-state index contributed by atoms with van der Waals surface area (Å²) < 4.78 is 46.4. The Bertz CT molecular complexity index is 1890. The van der Waals surface area contributed by atoms with Crippen LogP contribution in [-0.4, -0.2) is 34.1 Å². The van der Waals surface area contributed by atoms with Crippen molar-refractivity contribution in [2.24, 2.45) is 0 Å². The topological polar surface area (TPSA) is 98.1 Å². The molecule has 1 aliphatic heterocycles. The Hall–Kier alpha value is -4.50. The molecule has 0 saturated carbocycles. The molecular formula is C32H30N2O6S. The minimum Gasteiger partial charge on any atom is -0.497 e. The van der Waals surface area contributed by atoms with Crippen LogP contribution >= 0.6 is 0 Å². The summed E-state index contributed by atoms with van der Waals surface area (Å²) in [4.78, 5) is 13.6. The monoisotopic (exact) mass is 570 g/mol. The molecule has 1 amide bonds. The molecule has 1 unspecified atom stereocenters. The third kappa shape index (κ3) is 4.86. The SMILES string of the molecule is COc1ccc(S(=O)(=O)N2CC(C(=O)Nc3ccc4c(c3)oc3ccccc34)Oc3ccc(C(C)(C)C)cc32)cc1. The van der Waals surface area contributed by atoms with Gasteiger partial charge in [-0.25, -0.2) is 8.42 Å². The van der Waals surface area contributed by atoms with E-state index in [1.165, 1.54) is 23.5 Å². The molecule has 1 aromatic heterocycles. The number of carbonyl (C=O) groups excluding carboxylic acids is 1. The molecule has 4 aromatic carbocycles. The lowest BCUT2D eigenvalue weighted by atomic mass is 9.86. The number of sulfonamides is 1. The van der Waals surface area contributed by atoms with E-state index in [1.54, 1.807) is 30.3 Å². The number of amides is 1. The van der Waals surface area contributed by atoms with Gasteiger partial charge in [0.05, 0.1) is 24.2 Å². The number of para-hydroxylation sites is 1. The molecule has 0 aliphatic carbocycles. The minimum absolute atomic E-state index is 0.0850. The number of furan rings is 1. The lowest BCUT2D eigenvalue weighted by Gasteiger charge is -2.36. The quantitative estimate of drug-likeness (QED) is 0.260. The van der Waals surface area contributed by atoms with E-state index in [2.05, 4.69) is 26.1 Å². The van der Waals surface area contributed by atoms with Crippen LogP contribution < -0.4 is 19.1 Å². The summed E-state index contributed by atoms with van der Waals surface area (Å²) in [7, 11) is -2.52. The van der Waals surface area contributed by atoms with Gasteiger partial charge in [-0.3, -0.25) is 9.10 Å². The number of nitrogens with one attached hydrogen (secondary N) is 1. The van der Waals surface area contributed by atoms with Crippen molar-refractivity contribution in [3.05, 3.63) is 90.5 Å². The molecule has 0 radical (unpaired) electrons. The number of hydrogen-bond acceptors (Lipinski definition) is 6. The van der Waals surface area contributed by atoms with Crippen molar-refractivity contribution < 1.29 is 27.1 Å². The Morgan fingerprint density at radius 2 is 1.66 bits per heavy atom. The number of carbonyl (C=O) groups is 1. The van der Waals surface area contributed by atoms with Gasteiger partial charge >= 0.3 is 0 Å². The lowest BCUT2D eigenvalue weighted by Crippen LogP contribution is -2.49. The van der Waals surface area contributed by atoms with E-state index in [-0.39, 0.29) is 16.9 Å². The van der Waals surface area contributed by atoms with Crippen molar-refractivity contribution in [3.63, 3.8) is 0 Å². The number of ether oxygens (including phenoxy) is 2. The summed E-state index contributed by atoms with van der Waals surface area (Å²) >= 11 is 0. The summed E-state index contributed by atoms with van der Waals surface area (Å²) in [5, 5.41) is 4.80. The molecule has 0 fully saturated rings. The molecule has 0 spiro atoms. The Kier molecular flexibility index (Phi) is 6.42. The van der Waals surface area contributed by atoms with Crippen LogP contribution in [0.2, 0.25) is 0 Å². The van der Waals surface area contributed by atoms with Gasteiger partial charge in [0.15, 0.2) is 6.10 Å². The number of fused-ring (bicyclic) bond motifs is 4. The normalized spacial score (nSPS) is 15.4. The van der Waals surface area contributed by atoms with Gasteiger partial charge in [0.1, 0.15) is 22.7 Å². The van der Waals surface area contributed by atoms with Crippen molar-refractivity contribution >= 4 is 49.2 Å². The fourth-order valence-corrected chi connectivity index (χ4v) is 6.45. The lowest BCUT2D eigenvalue weighted by molar-refractivity contribution is -0.122. The van der Waals surface area contributed by atoms with Crippen LogP contribution in [0, 0.1) is 0 Å². The first-order valence-corrected chi connectivity index (χ1v) is 14.7. The molecule has 1 aliphatic rings. The number of anilines is 2. The molecule has 8 nitrogen and oxygen atoms in total. The second-order valence-corrected chi connectivity index (χ2v) is 12.9. The van der Waals surface area contributed by atoms with Crippen molar-refractivity contribution in [1.29, 1.82) is 0 Å². The first-order chi connectivity index (χ1) is 19.5. The molecule has 2 heterocycles. The van der Waals surface area contributed by atoms with Crippen LogP contribution in [-0.2, 0) is 20.2 Å². The van der Waals surface area contributed by atoms with Gasteiger partial charge in [0.25, 0.3) is 15.9 Å². The zero-order valence-corrected chi connectivity index (χ0v) is 24.0. The predicted molar refractivity (Wildman–Crippen MR) is 159 cm³/mol. The fraction of sp³-hybridized carbons (Fsp3) is 0.219. The highest BCUT2D eigenvalue weighted by molar-refractivity contribution is 7.92. The van der Waals surface area contributed by atoms with Gasteiger partial charge in [-0.1, -0.05) is 45.0 Å². The molecule has 1 N–H and O–H groups in total. The zero-order valence-electron chi connectivity index (χ0n) is 23.2. The predicted octanol–water partition coefficient (Wildman–Crippen LogP) is 6.49. The maximum absolute atomic E-state index is 14.0. The van der Waals surface area contributed by atoms with Crippen molar-refractivity contribution in [1.82, 2.24) is 0 Å². The van der Waals surface area contributed by atoms with Crippen LogP contribution in [0.1, 0.15) is 26.3 Å². The first-order valence-electron chi connectivity index (χ1n) is 13.2. The van der Waals surface area contributed by atoms with Crippen LogP contribution in [0.4, 0.5) is 11.4 Å². The smallest absolute Gasteiger partial charge is 0.267 e. The second kappa shape index (κ2) is 9.85. The Labute approximate surface area is 238 Å². The summed E-state index contributed by atoms with van der Waals surface area (Å²) in [6, 6.07) is 24.8. The molecule has 0 bridgehead atoms. The van der Waals surface area contributed by atoms with Crippen molar-refractivity contribution in [2.45, 2.75) is 37.2 Å². The Balaban J connectivity index is 1.34. The van der Waals surface area contributed by atoms with Gasteiger partial charge in [-0.15, -0.1) is 0 Å². The number of rotatable bonds is 5. The zero-order chi connectivity index (χ0) is 28.9. The number of benzene rings is 4. The van der Waals surface area contributed by atoms with Crippen LogP contribution in [0.5, 0.6) is 11.5 Å². The van der Waals surface area contributed by atoms with E-state index in [0.717, 1.165) is 21.9 Å². The molecule has 1 atom stereocenters. The molecule has 6 rings (SSSR count). The number of nitrogens with zero attached hydrogens (tertiary/aromatic N) is 1. The highest BCUT2D eigenvalue weighted by atomic mass is 32.2. The van der Waals surface area contributed by atoms with Crippen LogP contribution in [0.25, 0.3) is 21.9 Å². The number of hydrogen-bond donors (Lipinski definition) is 1. The van der Waals surface area contributed by atoms with Crippen LogP contribution in [0.3, 0.4) is 0 Å². The number of methoxy groups -OCH3 is 1. The highest BCUT2D eigenvalue weighted by Gasteiger charge is 2.38. The molecule has 5 aromatic rings. The highest BCUT2D eigenvalue weighted by Crippen LogP contribution is 2.40. The van der Waals surface area contributed by atoms with Crippen LogP contribution in [0.15, 0.2) is 94.2 Å². The average Bonchev–Trinajstić information content (AvgIpc) is 3.33. The third-order valence-corrected chi connectivity index (χ3v) is 9.07. The van der Waals surface area contributed by atoms with E-state index >= 15 is 0 Å². The summed E-state index contributed by atoms with van der Waals surface area (Å²) in [6.07, 6.45) is -1.10. The van der Waals surface area contributed by atoms with Gasteiger partial charge in [-0.2, -0.15) is 0 Å². The Morgan fingerprint density at radius 1 is 0.927 bits per heavy atom. The third-order valence-electron chi connectivity index (χ3n) is 7.28. The van der Waals surface area contributed by atoms with E-state index in [4.69, 9.17) is 13.9 Å². The van der Waals surface area contributed by atoms with Gasteiger partial charge < -0.3 is 19.2 Å². The van der Waals surface area contributed by atoms with E-state index in [9.17, 15) is 13.2 Å². The van der Waals surface area contributed by atoms with Gasteiger partial charge in [0.2, 0.25) is 0 Å². The molecule has 41 heavy (non-hydrogen) atoms. The first kappa shape index (κ1) is 26.7. The maximum Gasteiger partial charge on any atom is 0.267 e. The minimum atomic E-state index is -4.04. The second-order valence-electron chi connectivity index (χ2n) is 11.0. The van der Waals surface area contributed by atoms with Crippen molar-refractivity contribution in [2.75, 3.05) is 23.3 Å².